The Morgan fingerprint density at radius 3 is 2.13 bits per heavy atom. The van der Waals surface area contributed by atoms with Crippen LogP contribution in [0.25, 0.3) is 0 Å². The van der Waals surface area contributed by atoms with Gasteiger partial charge in [-0.15, -0.1) is 0 Å². The highest BCUT2D eigenvalue weighted by molar-refractivity contribution is 7.92. The molecule has 0 aliphatic carbocycles. The van der Waals surface area contributed by atoms with Crippen molar-refractivity contribution in [1.82, 2.24) is 10.2 Å². The maximum atomic E-state index is 13.8. The monoisotopic (exact) mass is 583 g/mol. The minimum Gasteiger partial charge on any atom is -0.354 e. The van der Waals surface area contributed by atoms with Crippen molar-refractivity contribution in [3.8, 4) is 0 Å². The third kappa shape index (κ3) is 8.89. The number of halogens is 2. The van der Waals surface area contributed by atoms with Gasteiger partial charge < -0.3 is 10.2 Å². The van der Waals surface area contributed by atoms with E-state index in [2.05, 4.69) is 26.1 Å². The summed E-state index contributed by atoms with van der Waals surface area (Å²) in [6.45, 7) is 10.2. The minimum absolute atomic E-state index is 0.0655. The highest BCUT2D eigenvalue weighted by Crippen LogP contribution is 2.27. The number of carbonyl (C=O) groups is 2. The number of nitrogens with zero attached hydrogens (tertiary/aromatic N) is 2. The molecule has 210 valence electrons. The van der Waals surface area contributed by atoms with E-state index >= 15 is 0 Å². The second-order valence-corrected chi connectivity index (χ2v) is 13.1. The Bertz CT molecular complexity index is 1210. The molecule has 7 nitrogen and oxygen atoms in total. The fourth-order valence-electron chi connectivity index (χ4n) is 4.00. The van der Waals surface area contributed by atoms with Crippen molar-refractivity contribution in [2.24, 2.45) is 0 Å². The largest absolute Gasteiger partial charge is 0.354 e. The van der Waals surface area contributed by atoms with Gasteiger partial charge in [0.1, 0.15) is 12.6 Å². The number of carbonyl (C=O) groups excluding carboxylic acids is 2. The Morgan fingerprint density at radius 2 is 1.63 bits per heavy atom. The first-order valence-electron chi connectivity index (χ1n) is 12.8. The second kappa shape index (κ2) is 13.7. The molecule has 0 heterocycles. The summed E-state index contributed by atoms with van der Waals surface area (Å²) in [6.07, 6.45) is 3.15. The van der Waals surface area contributed by atoms with E-state index in [1.165, 1.54) is 4.90 Å². The lowest BCUT2D eigenvalue weighted by atomic mass is 9.87. The first-order chi connectivity index (χ1) is 17.7. The van der Waals surface area contributed by atoms with Crippen molar-refractivity contribution < 1.29 is 18.0 Å². The molecule has 0 bridgehead atoms. The Hall–Kier alpha value is -2.29. The average Bonchev–Trinajstić information content (AvgIpc) is 2.83. The van der Waals surface area contributed by atoms with E-state index in [0.29, 0.717) is 34.3 Å². The van der Waals surface area contributed by atoms with Crippen LogP contribution in [0.4, 0.5) is 5.69 Å². The SMILES string of the molecule is CCCCNC(=O)[C@H](CC)N(Cc1ccc(Cl)c(Cl)c1)C(=O)CN(c1ccc(C(C)(C)C)cc1)S(C)(=O)=O. The molecular weight excluding hydrogens is 545 g/mol. The molecule has 10 heteroatoms. The fourth-order valence-corrected chi connectivity index (χ4v) is 5.17. The van der Waals surface area contributed by atoms with Gasteiger partial charge in [0.25, 0.3) is 0 Å². The predicted octanol–water partition coefficient (Wildman–Crippen LogP) is 5.78. The van der Waals surface area contributed by atoms with Crippen LogP contribution < -0.4 is 9.62 Å². The van der Waals surface area contributed by atoms with Gasteiger partial charge in [-0.1, -0.05) is 82.4 Å². The first-order valence-corrected chi connectivity index (χ1v) is 15.4. The van der Waals surface area contributed by atoms with Crippen molar-refractivity contribution in [2.75, 3.05) is 23.7 Å². The number of anilines is 1. The van der Waals surface area contributed by atoms with Crippen LogP contribution in [-0.2, 0) is 31.6 Å². The van der Waals surface area contributed by atoms with Crippen LogP contribution >= 0.6 is 23.2 Å². The fraction of sp³-hybridized carbons (Fsp3) is 0.500. The van der Waals surface area contributed by atoms with Crippen LogP contribution in [0, 0.1) is 0 Å². The van der Waals surface area contributed by atoms with Crippen molar-refractivity contribution in [2.45, 2.75) is 71.9 Å². The molecule has 0 saturated heterocycles. The molecule has 2 aromatic rings. The summed E-state index contributed by atoms with van der Waals surface area (Å²) < 4.78 is 26.7. The van der Waals surface area contributed by atoms with Crippen LogP contribution in [0.5, 0.6) is 0 Å². The van der Waals surface area contributed by atoms with E-state index < -0.39 is 28.5 Å². The lowest BCUT2D eigenvalue weighted by molar-refractivity contribution is -0.140. The molecule has 2 amide bonds. The first kappa shape index (κ1) is 31.9. The predicted molar refractivity (Wildman–Crippen MR) is 156 cm³/mol. The standard InChI is InChI=1S/C28H39Cl2N3O4S/c1-7-9-16-31-27(35)25(8-2)32(18-20-10-15-23(29)24(30)17-20)26(34)19-33(38(6,36)37)22-13-11-21(12-14-22)28(3,4)5/h10-15,17,25H,7-9,16,18-19H2,1-6H3,(H,31,35)/t25-/m0/s1. The lowest BCUT2D eigenvalue weighted by Crippen LogP contribution is -2.52. The van der Waals surface area contributed by atoms with Gasteiger partial charge in [0, 0.05) is 13.1 Å². The maximum Gasteiger partial charge on any atom is 0.244 e. The van der Waals surface area contributed by atoms with E-state index in [1.807, 2.05) is 26.0 Å². The summed E-state index contributed by atoms with van der Waals surface area (Å²) in [7, 11) is -3.80. The maximum absolute atomic E-state index is 13.8. The number of unbranched alkanes of at least 4 members (excludes halogenated alkanes) is 1. The van der Waals surface area contributed by atoms with Crippen LogP contribution in [0.2, 0.25) is 10.0 Å². The van der Waals surface area contributed by atoms with Gasteiger partial charge in [0.05, 0.1) is 22.0 Å². The molecule has 0 aromatic heterocycles. The van der Waals surface area contributed by atoms with Gasteiger partial charge in [-0.25, -0.2) is 8.42 Å². The lowest BCUT2D eigenvalue weighted by Gasteiger charge is -2.33. The normalized spacial score (nSPS) is 12.6. The molecule has 0 aliphatic heterocycles. The quantitative estimate of drug-likeness (QED) is 0.321. The van der Waals surface area contributed by atoms with Gasteiger partial charge in [-0.2, -0.15) is 0 Å². The Morgan fingerprint density at radius 1 is 1.00 bits per heavy atom. The number of nitrogens with one attached hydrogen (secondary N) is 1. The summed E-state index contributed by atoms with van der Waals surface area (Å²) in [5, 5.41) is 3.60. The molecule has 2 aromatic carbocycles. The van der Waals surface area contributed by atoms with Crippen molar-refractivity contribution in [1.29, 1.82) is 0 Å². The van der Waals surface area contributed by atoms with Gasteiger partial charge in [-0.3, -0.25) is 13.9 Å². The summed E-state index contributed by atoms with van der Waals surface area (Å²) >= 11 is 12.3. The van der Waals surface area contributed by atoms with Crippen LogP contribution in [0.3, 0.4) is 0 Å². The topological polar surface area (TPSA) is 86.8 Å². The van der Waals surface area contributed by atoms with Crippen LogP contribution in [0.15, 0.2) is 42.5 Å². The summed E-state index contributed by atoms with van der Waals surface area (Å²) in [5.74, 6) is -0.784. The summed E-state index contributed by atoms with van der Waals surface area (Å²) in [6, 6.07) is 11.3. The molecular formula is C28H39Cl2N3O4S. The van der Waals surface area contributed by atoms with Crippen LogP contribution in [0.1, 0.15) is 65.0 Å². The zero-order valence-corrected chi connectivity index (χ0v) is 25.4. The zero-order valence-electron chi connectivity index (χ0n) is 23.1. The van der Waals surface area contributed by atoms with Crippen LogP contribution in [-0.4, -0.2) is 50.5 Å². The van der Waals surface area contributed by atoms with Crippen molar-refractivity contribution >= 4 is 50.7 Å². The number of amides is 2. The molecule has 38 heavy (non-hydrogen) atoms. The Kier molecular flexibility index (Phi) is 11.5. The van der Waals surface area contributed by atoms with E-state index in [0.717, 1.165) is 29.0 Å². The highest BCUT2D eigenvalue weighted by Gasteiger charge is 2.32. The third-order valence-corrected chi connectivity index (χ3v) is 8.13. The van der Waals surface area contributed by atoms with Gasteiger partial charge in [0.2, 0.25) is 21.8 Å². The molecule has 0 saturated carbocycles. The Balaban J connectivity index is 2.44. The minimum atomic E-state index is -3.80. The molecule has 0 fully saturated rings. The summed E-state index contributed by atoms with van der Waals surface area (Å²) in [5.41, 5.74) is 1.98. The molecule has 0 aliphatic rings. The van der Waals surface area contributed by atoms with E-state index in [1.54, 1.807) is 30.3 Å². The summed E-state index contributed by atoms with van der Waals surface area (Å²) in [4.78, 5) is 28.3. The van der Waals surface area contributed by atoms with E-state index in [-0.39, 0.29) is 17.9 Å². The Labute approximate surface area is 237 Å². The van der Waals surface area contributed by atoms with Crippen molar-refractivity contribution in [3.63, 3.8) is 0 Å². The molecule has 1 atom stereocenters. The van der Waals surface area contributed by atoms with Gasteiger partial charge in [0.15, 0.2) is 0 Å². The van der Waals surface area contributed by atoms with E-state index in [4.69, 9.17) is 23.2 Å². The average molecular weight is 585 g/mol. The van der Waals surface area contributed by atoms with Gasteiger partial charge >= 0.3 is 0 Å². The third-order valence-electron chi connectivity index (χ3n) is 6.25. The highest BCUT2D eigenvalue weighted by atomic mass is 35.5. The zero-order chi connectivity index (χ0) is 28.7. The number of rotatable bonds is 12. The molecule has 1 N–H and O–H groups in total. The van der Waals surface area contributed by atoms with Crippen molar-refractivity contribution in [3.05, 3.63) is 63.6 Å². The smallest absolute Gasteiger partial charge is 0.244 e. The molecule has 0 spiro atoms. The number of sulfonamides is 1. The van der Waals surface area contributed by atoms with E-state index in [9.17, 15) is 18.0 Å². The molecule has 0 unspecified atom stereocenters. The molecule has 2 rings (SSSR count). The second-order valence-electron chi connectivity index (χ2n) is 10.4. The number of hydrogen-bond acceptors (Lipinski definition) is 4. The molecule has 0 radical (unpaired) electrons. The number of benzene rings is 2. The number of hydrogen-bond donors (Lipinski definition) is 1. The van der Waals surface area contributed by atoms with Gasteiger partial charge in [-0.05, 0) is 53.6 Å².